The van der Waals surface area contributed by atoms with Crippen LogP contribution in [0, 0.1) is 11.8 Å². The van der Waals surface area contributed by atoms with E-state index in [9.17, 15) is 9.59 Å². The first-order chi connectivity index (χ1) is 8.01. The number of carboxylic acids is 2. The van der Waals surface area contributed by atoms with Gasteiger partial charge in [0.25, 0.3) is 0 Å². The molecule has 0 amide bonds. The molecule has 0 bridgehead atoms. The number of nitrogens with two attached hydrogens (primary N) is 1. The van der Waals surface area contributed by atoms with Crippen molar-refractivity contribution in [3.05, 3.63) is 0 Å². The zero-order chi connectivity index (χ0) is 13.0. The molecule has 4 atom stereocenters. The largest absolute Gasteiger partial charge is 0.481 e. The van der Waals surface area contributed by atoms with Crippen LogP contribution < -0.4 is 5.73 Å². The normalized spacial score (nSPS) is 33.3. The molecule has 0 radical (unpaired) electrons. The highest BCUT2D eigenvalue weighted by Crippen LogP contribution is 2.34. The first-order valence-corrected chi connectivity index (χ1v) is 5.82. The summed E-state index contributed by atoms with van der Waals surface area (Å²) in [5.41, 5.74) is 5.54. The van der Waals surface area contributed by atoms with Crippen LogP contribution in [-0.4, -0.2) is 40.9 Å². The number of aliphatic carboxylic acids is 2. The van der Waals surface area contributed by atoms with Crippen molar-refractivity contribution in [2.75, 3.05) is 6.54 Å². The van der Waals surface area contributed by atoms with Crippen LogP contribution in [0.15, 0.2) is 0 Å². The average molecular weight is 245 g/mol. The van der Waals surface area contributed by atoms with Crippen molar-refractivity contribution in [3.63, 3.8) is 0 Å². The minimum atomic E-state index is -1.12. The van der Waals surface area contributed by atoms with Gasteiger partial charge >= 0.3 is 11.9 Å². The van der Waals surface area contributed by atoms with Crippen molar-refractivity contribution < 1.29 is 24.5 Å². The van der Waals surface area contributed by atoms with Crippen LogP contribution in [0.1, 0.15) is 26.2 Å². The van der Waals surface area contributed by atoms with E-state index >= 15 is 0 Å². The lowest BCUT2D eigenvalue weighted by Crippen LogP contribution is -2.49. The van der Waals surface area contributed by atoms with Crippen LogP contribution in [0.3, 0.4) is 0 Å². The third-order valence-electron chi connectivity index (χ3n) is 3.25. The highest BCUT2D eigenvalue weighted by atomic mass is 16.5. The van der Waals surface area contributed by atoms with Gasteiger partial charge in [0, 0.05) is 6.54 Å². The molecule has 6 nitrogen and oxygen atoms in total. The van der Waals surface area contributed by atoms with E-state index < -0.39 is 30.1 Å². The summed E-state index contributed by atoms with van der Waals surface area (Å²) in [7, 11) is 0. The second kappa shape index (κ2) is 5.97. The van der Waals surface area contributed by atoms with Crippen molar-refractivity contribution in [1.82, 2.24) is 0 Å². The summed E-state index contributed by atoms with van der Waals surface area (Å²) in [6.45, 7) is 2.11. The van der Waals surface area contributed by atoms with E-state index in [0.29, 0.717) is 6.42 Å². The Morgan fingerprint density at radius 2 is 2.00 bits per heavy atom. The van der Waals surface area contributed by atoms with E-state index in [0.717, 1.165) is 6.42 Å². The Kier molecular flexibility index (Phi) is 4.89. The Hall–Kier alpha value is -1.14. The molecule has 17 heavy (non-hydrogen) atoms. The second-order valence-corrected chi connectivity index (χ2v) is 4.37. The lowest BCUT2D eigenvalue weighted by molar-refractivity contribution is -0.176. The summed E-state index contributed by atoms with van der Waals surface area (Å²) in [5, 5.41) is 18.1. The molecule has 0 spiro atoms. The predicted octanol–water partition coefficient (Wildman–Crippen LogP) is 0.304. The summed E-state index contributed by atoms with van der Waals surface area (Å²) in [5.74, 6) is -2.96. The number of hydrogen-bond acceptors (Lipinski definition) is 4. The third kappa shape index (κ3) is 3.17. The molecule has 0 aromatic rings. The summed E-state index contributed by atoms with van der Waals surface area (Å²) >= 11 is 0. The Labute approximate surface area is 99.7 Å². The lowest BCUT2D eigenvalue weighted by Gasteiger charge is -2.38. The van der Waals surface area contributed by atoms with Crippen LogP contribution >= 0.6 is 0 Å². The van der Waals surface area contributed by atoms with Crippen molar-refractivity contribution in [3.8, 4) is 0 Å². The maximum Gasteiger partial charge on any atom is 0.332 e. The van der Waals surface area contributed by atoms with Crippen LogP contribution in [0.4, 0.5) is 0 Å². The van der Waals surface area contributed by atoms with Crippen molar-refractivity contribution >= 4 is 11.9 Å². The number of ether oxygens (including phenoxy) is 1. The van der Waals surface area contributed by atoms with Gasteiger partial charge in [-0.1, -0.05) is 13.3 Å². The molecule has 1 heterocycles. The summed E-state index contributed by atoms with van der Waals surface area (Å²) in [4.78, 5) is 22.1. The minimum Gasteiger partial charge on any atom is -0.481 e. The molecule has 0 aromatic carbocycles. The fourth-order valence-corrected chi connectivity index (χ4v) is 2.43. The molecule has 4 unspecified atom stereocenters. The maximum absolute atomic E-state index is 11.2. The number of hydrogen-bond donors (Lipinski definition) is 3. The number of carbonyl (C=O) groups is 2. The second-order valence-electron chi connectivity index (χ2n) is 4.37. The molecule has 6 heteroatoms. The van der Waals surface area contributed by atoms with Gasteiger partial charge in [-0.05, 0) is 18.8 Å². The maximum atomic E-state index is 11.2. The Morgan fingerprint density at radius 1 is 1.35 bits per heavy atom. The Morgan fingerprint density at radius 3 is 2.41 bits per heavy atom. The van der Waals surface area contributed by atoms with Crippen molar-refractivity contribution in [2.45, 2.75) is 38.4 Å². The first kappa shape index (κ1) is 13.9. The van der Waals surface area contributed by atoms with E-state index in [1.54, 1.807) is 0 Å². The van der Waals surface area contributed by atoms with Crippen LogP contribution in [-0.2, 0) is 14.3 Å². The SMILES string of the molecule is CCCC1C(CN)OC(C(=O)O)CC1C(=O)O. The highest BCUT2D eigenvalue weighted by molar-refractivity contribution is 5.76. The highest BCUT2D eigenvalue weighted by Gasteiger charge is 2.43. The van der Waals surface area contributed by atoms with Gasteiger partial charge in [-0.15, -0.1) is 0 Å². The van der Waals surface area contributed by atoms with Crippen molar-refractivity contribution in [2.24, 2.45) is 17.6 Å². The van der Waals surface area contributed by atoms with E-state index in [1.807, 2.05) is 6.92 Å². The predicted molar refractivity (Wildman–Crippen MR) is 59.5 cm³/mol. The van der Waals surface area contributed by atoms with Gasteiger partial charge in [0.1, 0.15) is 0 Å². The van der Waals surface area contributed by atoms with Gasteiger partial charge in [0.2, 0.25) is 0 Å². The molecule has 0 saturated carbocycles. The fourth-order valence-electron chi connectivity index (χ4n) is 2.43. The zero-order valence-electron chi connectivity index (χ0n) is 9.83. The molecule has 98 valence electrons. The molecular formula is C11H19NO5. The molecule has 0 aromatic heterocycles. The molecule has 1 rings (SSSR count). The van der Waals surface area contributed by atoms with Gasteiger partial charge in [0.05, 0.1) is 12.0 Å². The number of rotatable bonds is 5. The molecule has 4 N–H and O–H groups in total. The van der Waals surface area contributed by atoms with Gasteiger partial charge in [-0.25, -0.2) is 4.79 Å². The first-order valence-electron chi connectivity index (χ1n) is 5.82. The van der Waals surface area contributed by atoms with Crippen LogP contribution in [0.5, 0.6) is 0 Å². The molecule has 1 aliphatic rings. The summed E-state index contributed by atoms with van der Waals surface area (Å²) < 4.78 is 5.35. The summed E-state index contributed by atoms with van der Waals surface area (Å²) in [6.07, 6.45) is -0.00748. The molecule has 1 saturated heterocycles. The van der Waals surface area contributed by atoms with E-state index in [-0.39, 0.29) is 18.9 Å². The fraction of sp³-hybridized carbons (Fsp3) is 0.818. The Balaban J connectivity index is 2.87. The third-order valence-corrected chi connectivity index (χ3v) is 3.25. The van der Waals surface area contributed by atoms with E-state index in [4.69, 9.17) is 20.7 Å². The van der Waals surface area contributed by atoms with Crippen molar-refractivity contribution in [1.29, 1.82) is 0 Å². The van der Waals surface area contributed by atoms with E-state index in [2.05, 4.69) is 0 Å². The monoisotopic (exact) mass is 245 g/mol. The van der Waals surface area contributed by atoms with Crippen LogP contribution in [0.2, 0.25) is 0 Å². The topological polar surface area (TPSA) is 110 Å². The van der Waals surface area contributed by atoms with Gasteiger partial charge in [-0.2, -0.15) is 0 Å². The molecule has 0 aliphatic carbocycles. The van der Waals surface area contributed by atoms with Gasteiger partial charge in [-0.3, -0.25) is 4.79 Å². The number of carboxylic acid groups (broad SMARTS) is 2. The molecule has 1 aliphatic heterocycles. The zero-order valence-corrected chi connectivity index (χ0v) is 9.83. The smallest absolute Gasteiger partial charge is 0.332 e. The Bertz CT molecular complexity index is 294. The molecular weight excluding hydrogens is 226 g/mol. The van der Waals surface area contributed by atoms with E-state index in [1.165, 1.54) is 0 Å². The standard InChI is InChI=1S/C11H19NO5/c1-2-3-6-7(10(13)14)4-8(11(15)16)17-9(6)5-12/h6-9H,2-5,12H2,1H3,(H,13,14)(H,15,16). The minimum absolute atomic E-state index is 0.0197. The summed E-state index contributed by atoms with van der Waals surface area (Å²) in [6, 6.07) is 0. The van der Waals surface area contributed by atoms with Gasteiger partial charge < -0.3 is 20.7 Å². The van der Waals surface area contributed by atoms with Crippen LogP contribution in [0.25, 0.3) is 0 Å². The molecule has 1 fully saturated rings. The lowest BCUT2D eigenvalue weighted by atomic mass is 9.78. The quantitative estimate of drug-likeness (QED) is 0.642. The van der Waals surface area contributed by atoms with Gasteiger partial charge in [0.15, 0.2) is 6.10 Å². The average Bonchev–Trinajstić information content (AvgIpc) is 2.28.